The highest BCUT2D eigenvalue weighted by molar-refractivity contribution is 5.76. The molecule has 0 atom stereocenters. The molecule has 0 radical (unpaired) electrons. The van der Waals surface area contributed by atoms with E-state index < -0.39 is 0 Å². The summed E-state index contributed by atoms with van der Waals surface area (Å²) >= 11 is 0. The monoisotopic (exact) mass is 194 g/mol. The van der Waals surface area contributed by atoms with Crippen molar-refractivity contribution in [2.45, 2.75) is 26.7 Å². The third-order valence-corrected chi connectivity index (χ3v) is 1.82. The van der Waals surface area contributed by atoms with Crippen LogP contribution in [-0.2, 0) is 9.59 Å². The summed E-state index contributed by atoms with van der Waals surface area (Å²) in [6, 6.07) is 0. The molecule has 2 N–H and O–H groups in total. The van der Waals surface area contributed by atoms with E-state index in [9.17, 15) is 9.59 Å². The third kappa shape index (κ3) is 3.43. The summed E-state index contributed by atoms with van der Waals surface area (Å²) in [5.74, 6) is -0.125. The minimum atomic E-state index is -0.0624. The van der Waals surface area contributed by atoms with Crippen molar-refractivity contribution < 1.29 is 9.59 Å². The van der Waals surface area contributed by atoms with Gasteiger partial charge in [-0.25, -0.2) is 0 Å². The number of carbonyl (C=O) groups excluding carboxylic acids is 2. The van der Waals surface area contributed by atoms with E-state index in [1.54, 1.807) is 0 Å². The molecule has 0 fully saturated rings. The number of amides is 2. The van der Waals surface area contributed by atoms with Gasteiger partial charge in [0.15, 0.2) is 0 Å². The Bertz CT molecular complexity index is 284. The predicted molar refractivity (Wildman–Crippen MR) is 53.0 cm³/mol. The van der Waals surface area contributed by atoms with E-state index in [0.29, 0.717) is 0 Å². The second-order valence-electron chi connectivity index (χ2n) is 3.25. The number of nitrogens with one attached hydrogen (secondary N) is 2. The molecule has 0 saturated heterocycles. The molecule has 0 aromatic carbocycles. The van der Waals surface area contributed by atoms with Gasteiger partial charge in [-0.1, -0.05) is 0 Å². The Balaban J connectivity index is 2.55. The smallest absolute Gasteiger partial charge is 0.220 e. The lowest BCUT2D eigenvalue weighted by atomic mass is 10.1. The van der Waals surface area contributed by atoms with Crippen molar-refractivity contribution in [2.75, 3.05) is 0 Å². The molecule has 2 amide bonds. The molecule has 1 rings (SSSR count). The van der Waals surface area contributed by atoms with Crippen LogP contribution >= 0.6 is 0 Å². The van der Waals surface area contributed by atoms with Gasteiger partial charge in [0.05, 0.1) is 0 Å². The first-order chi connectivity index (χ1) is 6.58. The van der Waals surface area contributed by atoms with Gasteiger partial charge in [0.1, 0.15) is 0 Å². The van der Waals surface area contributed by atoms with Crippen molar-refractivity contribution in [3.8, 4) is 0 Å². The Morgan fingerprint density at radius 2 is 1.36 bits per heavy atom. The zero-order chi connectivity index (χ0) is 10.6. The minimum absolute atomic E-state index is 0.0624. The van der Waals surface area contributed by atoms with Gasteiger partial charge in [0, 0.05) is 25.2 Å². The fraction of sp³-hybridized carbons (Fsp3) is 0.400. The molecule has 0 saturated carbocycles. The Morgan fingerprint density at radius 1 is 1.00 bits per heavy atom. The Labute approximate surface area is 83.1 Å². The van der Waals surface area contributed by atoms with Gasteiger partial charge in [-0.2, -0.15) is 0 Å². The maximum Gasteiger partial charge on any atom is 0.220 e. The average Bonchev–Trinajstić information content (AvgIpc) is 2.06. The predicted octanol–water partition coefficient (Wildman–Crippen LogP) is 0.820. The molecule has 0 spiro atoms. The fourth-order valence-electron chi connectivity index (χ4n) is 1.30. The SMILES string of the molecule is CC(=O)NC1=CC=C(NC(C)=O)CC1. The minimum Gasteiger partial charge on any atom is -0.330 e. The highest BCUT2D eigenvalue weighted by Crippen LogP contribution is 2.14. The van der Waals surface area contributed by atoms with Crippen LogP contribution in [0.5, 0.6) is 0 Å². The first-order valence-electron chi connectivity index (χ1n) is 4.53. The van der Waals surface area contributed by atoms with E-state index in [0.717, 1.165) is 24.2 Å². The van der Waals surface area contributed by atoms with E-state index in [2.05, 4.69) is 10.6 Å². The van der Waals surface area contributed by atoms with E-state index in [1.165, 1.54) is 13.8 Å². The van der Waals surface area contributed by atoms with Crippen LogP contribution in [0.1, 0.15) is 26.7 Å². The van der Waals surface area contributed by atoms with Gasteiger partial charge < -0.3 is 10.6 Å². The molecular formula is C10H14N2O2. The van der Waals surface area contributed by atoms with Crippen molar-refractivity contribution in [2.24, 2.45) is 0 Å². The van der Waals surface area contributed by atoms with Gasteiger partial charge in [0.2, 0.25) is 11.8 Å². The van der Waals surface area contributed by atoms with E-state index in [-0.39, 0.29) is 11.8 Å². The van der Waals surface area contributed by atoms with Crippen LogP contribution in [0, 0.1) is 0 Å². The summed E-state index contributed by atoms with van der Waals surface area (Å²) in [5.41, 5.74) is 1.79. The molecule has 0 aromatic heterocycles. The van der Waals surface area contributed by atoms with Gasteiger partial charge in [-0.15, -0.1) is 0 Å². The standard InChI is InChI=1S/C10H14N2O2/c1-7(13)11-9-3-5-10(6-4-9)12-8(2)14/h3,5H,4,6H2,1-2H3,(H,11,13)(H,12,14). The van der Waals surface area contributed by atoms with E-state index in [1.807, 2.05) is 12.2 Å². The van der Waals surface area contributed by atoms with Crippen LogP contribution in [-0.4, -0.2) is 11.8 Å². The second-order valence-corrected chi connectivity index (χ2v) is 3.25. The highest BCUT2D eigenvalue weighted by atomic mass is 16.2. The van der Waals surface area contributed by atoms with Crippen molar-refractivity contribution >= 4 is 11.8 Å². The molecule has 1 aliphatic rings. The zero-order valence-corrected chi connectivity index (χ0v) is 8.39. The summed E-state index contributed by atoms with van der Waals surface area (Å²) in [6.45, 7) is 2.96. The van der Waals surface area contributed by atoms with Crippen molar-refractivity contribution in [1.29, 1.82) is 0 Å². The lowest BCUT2D eigenvalue weighted by Crippen LogP contribution is -2.24. The van der Waals surface area contributed by atoms with Crippen LogP contribution < -0.4 is 10.6 Å². The molecule has 76 valence electrons. The summed E-state index contributed by atoms with van der Waals surface area (Å²) in [7, 11) is 0. The van der Waals surface area contributed by atoms with Gasteiger partial charge in [-0.05, 0) is 25.0 Å². The average molecular weight is 194 g/mol. The lowest BCUT2D eigenvalue weighted by Gasteiger charge is -2.14. The van der Waals surface area contributed by atoms with Crippen LogP contribution in [0.2, 0.25) is 0 Å². The van der Waals surface area contributed by atoms with Crippen LogP contribution in [0.15, 0.2) is 23.5 Å². The molecule has 0 unspecified atom stereocenters. The van der Waals surface area contributed by atoms with Gasteiger partial charge in [-0.3, -0.25) is 9.59 Å². The summed E-state index contributed by atoms with van der Waals surface area (Å²) in [4.78, 5) is 21.5. The van der Waals surface area contributed by atoms with E-state index in [4.69, 9.17) is 0 Å². The van der Waals surface area contributed by atoms with Crippen molar-refractivity contribution in [3.05, 3.63) is 23.5 Å². The van der Waals surface area contributed by atoms with Crippen molar-refractivity contribution in [3.63, 3.8) is 0 Å². The van der Waals surface area contributed by atoms with Gasteiger partial charge in [0.25, 0.3) is 0 Å². The summed E-state index contributed by atoms with van der Waals surface area (Å²) < 4.78 is 0. The molecule has 0 aliphatic heterocycles. The lowest BCUT2D eigenvalue weighted by molar-refractivity contribution is -0.119. The molecule has 4 nitrogen and oxygen atoms in total. The molecule has 4 heteroatoms. The van der Waals surface area contributed by atoms with Crippen LogP contribution in [0.25, 0.3) is 0 Å². The summed E-state index contributed by atoms with van der Waals surface area (Å²) in [6.07, 6.45) is 5.14. The fourth-order valence-corrected chi connectivity index (χ4v) is 1.30. The second kappa shape index (κ2) is 4.60. The Kier molecular flexibility index (Phi) is 3.45. The third-order valence-electron chi connectivity index (χ3n) is 1.82. The molecule has 0 heterocycles. The van der Waals surface area contributed by atoms with E-state index >= 15 is 0 Å². The number of hydrogen-bond acceptors (Lipinski definition) is 2. The molecule has 14 heavy (non-hydrogen) atoms. The van der Waals surface area contributed by atoms with Crippen LogP contribution in [0.3, 0.4) is 0 Å². The van der Waals surface area contributed by atoms with Crippen molar-refractivity contribution in [1.82, 2.24) is 10.6 Å². The number of hydrogen-bond donors (Lipinski definition) is 2. The number of carbonyl (C=O) groups is 2. The normalized spacial score (nSPS) is 15.3. The molecule has 0 aromatic rings. The molecule has 0 bridgehead atoms. The largest absolute Gasteiger partial charge is 0.330 e. The number of rotatable bonds is 2. The zero-order valence-electron chi connectivity index (χ0n) is 8.39. The first kappa shape index (κ1) is 10.5. The Morgan fingerprint density at radius 3 is 1.57 bits per heavy atom. The number of allylic oxidation sites excluding steroid dienone is 4. The topological polar surface area (TPSA) is 58.2 Å². The highest BCUT2D eigenvalue weighted by Gasteiger charge is 2.07. The summed E-state index contributed by atoms with van der Waals surface area (Å²) in [5, 5.41) is 5.44. The van der Waals surface area contributed by atoms with Crippen LogP contribution in [0.4, 0.5) is 0 Å². The molecule has 1 aliphatic carbocycles. The first-order valence-corrected chi connectivity index (χ1v) is 4.53. The maximum absolute atomic E-state index is 10.7. The Hall–Kier alpha value is -1.58. The quantitative estimate of drug-likeness (QED) is 0.683. The maximum atomic E-state index is 10.7. The van der Waals surface area contributed by atoms with Gasteiger partial charge >= 0.3 is 0 Å². The molecular weight excluding hydrogens is 180 g/mol.